The molecule has 0 aliphatic heterocycles. The Balaban J connectivity index is 0. The van der Waals surface area contributed by atoms with Crippen molar-refractivity contribution in [1.82, 2.24) is 5.32 Å². The molecule has 0 aliphatic carbocycles. The van der Waals surface area contributed by atoms with Gasteiger partial charge in [0.1, 0.15) is 0 Å². The third-order valence-electron chi connectivity index (χ3n) is 1.36. The zero-order chi connectivity index (χ0) is 10.5. The molecule has 0 saturated carbocycles. The molecule has 4 N–H and O–H groups in total. The molecule has 0 heterocycles. The Kier molecular flexibility index (Phi) is 15.6. The molecule has 0 aromatic rings. The Bertz CT molecular complexity index is 106. The molecule has 0 fully saturated rings. The van der Waals surface area contributed by atoms with Crippen molar-refractivity contribution in [1.29, 1.82) is 0 Å². The molecule has 4 heteroatoms. The van der Waals surface area contributed by atoms with Gasteiger partial charge in [-0.15, -0.1) is 0 Å². The Labute approximate surface area is 80.5 Å². The van der Waals surface area contributed by atoms with E-state index in [0.29, 0.717) is 6.54 Å². The topological polar surface area (TPSA) is 75.3 Å². The van der Waals surface area contributed by atoms with E-state index >= 15 is 0 Å². The largest absolute Gasteiger partial charge is 0.465 e. The lowest BCUT2D eigenvalue weighted by atomic mass is 10.3. The molecular weight excluding hydrogens is 168 g/mol. The van der Waals surface area contributed by atoms with Crippen molar-refractivity contribution in [3.05, 3.63) is 0 Å². The van der Waals surface area contributed by atoms with Crippen molar-refractivity contribution in [3.63, 3.8) is 0 Å². The predicted octanol–water partition coefficient (Wildman–Crippen LogP) is 1.80. The first kappa shape index (κ1) is 14.7. The highest BCUT2D eigenvalue weighted by molar-refractivity contribution is 5.64. The second-order valence-electron chi connectivity index (χ2n) is 2.73. The molecule has 0 radical (unpaired) electrons. The van der Waals surface area contributed by atoms with Crippen LogP contribution in [0.15, 0.2) is 0 Å². The van der Waals surface area contributed by atoms with E-state index < -0.39 is 6.09 Å². The minimum Gasteiger partial charge on any atom is -0.465 e. The van der Waals surface area contributed by atoms with Gasteiger partial charge < -0.3 is 16.2 Å². The third kappa shape index (κ3) is 24.6. The summed E-state index contributed by atoms with van der Waals surface area (Å²) in [6.07, 6.45) is 3.40. The average Bonchev–Trinajstić information content (AvgIpc) is 2.07. The molecule has 0 aromatic carbocycles. The molecule has 0 aromatic heterocycles. The van der Waals surface area contributed by atoms with Crippen LogP contribution < -0.4 is 11.1 Å². The van der Waals surface area contributed by atoms with Crippen LogP contribution in [0.1, 0.15) is 39.5 Å². The van der Waals surface area contributed by atoms with Crippen LogP contribution in [0.5, 0.6) is 0 Å². The van der Waals surface area contributed by atoms with Gasteiger partial charge in [0.2, 0.25) is 0 Å². The van der Waals surface area contributed by atoms with Crippen LogP contribution >= 0.6 is 0 Å². The molecule has 4 nitrogen and oxygen atoms in total. The Hall–Kier alpha value is -0.770. The van der Waals surface area contributed by atoms with Crippen LogP contribution in [0.25, 0.3) is 0 Å². The Morgan fingerprint density at radius 2 is 1.85 bits per heavy atom. The highest BCUT2D eigenvalue weighted by Gasteiger charge is 1.88. The molecule has 1 amide bonds. The number of unbranched alkanes of at least 4 members (excludes halogenated alkanes) is 2. The van der Waals surface area contributed by atoms with Crippen molar-refractivity contribution in [3.8, 4) is 0 Å². The highest BCUT2D eigenvalue weighted by Crippen LogP contribution is 1.80. The van der Waals surface area contributed by atoms with Crippen molar-refractivity contribution in [2.24, 2.45) is 5.73 Å². The SMILES string of the molecule is CCCCN.CCCCNC(=O)O. The number of rotatable bonds is 5. The normalized spacial score (nSPS) is 8.54. The number of nitrogens with two attached hydrogens (primary N) is 1. The fraction of sp³-hybridized carbons (Fsp3) is 0.889. The fourth-order valence-corrected chi connectivity index (χ4v) is 0.576. The maximum atomic E-state index is 9.76. The van der Waals surface area contributed by atoms with E-state index in [1.807, 2.05) is 6.92 Å². The van der Waals surface area contributed by atoms with Gasteiger partial charge in [0.05, 0.1) is 0 Å². The molecule has 0 spiro atoms. The van der Waals surface area contributed by atoms with Gasteiger partial charge in [-0.1, -0.05) is 26.7 Å². The number of amides is 1. The first-order chi connectivity index (χ1) is 6.18. The van der Waals surface area contributed by atoms with Crippen molar-refractivity contribution in [2.75, 3.05) is 13.1 Å². The van der Waals surface area contributed by atoms with Crippen LogP contribution in [0.4, 0.5) is 4.79 Å². The first-order valence-electron chi connectivity index (χ1n) is 4.85. The summed E-state index contributed by atoms with van der Waals surface area (Å²) in [6, 6.07) is 0. The van der Waals surface area contributed by atoms with E-state index in [9.17, 15) is 4.79 Å². The van der Waals surface area contributed by atoms with E-state index in [-0.39, 0.29) is 0 Å². The van der Waals surface area contributed by atoms with Crippen molar-refractivity contribution >= 4 is 6.09 Å². The molecule has 0 atom stereocenters. The number of carbonyl (C=O) groups is 1. The maximum absolute atomic E-state index is 9.76. The minimum absolute atomic E-state index is 0.575. The van der Waals surface area contributed by atoms with Crippen LogP contribution in [0.3, 0.4) is 0 Å². The molecular formula is C9H22N2O2. The zero-order valence-corrected chi connectivity index (χ0v) is 8.68. The quantitative estimate of drug-likeness (QED) is 0.579. The summed E-state index contributed by atoms with van der Waals surface area (Å²) in [4.78, 5) is 9.76. The van der Waals surface area contributed by atoms with Gasteiger partial charge in [0, 0.05) is 6.54 Å². The number of carboxylic acid groups (broad SMARTS) is 1. The smallest absolute Gasteiger partial charge is 0.404 e. The van der Waals surface area contributed by atoms with E-state index in [4.69, 9.17) is 10.8 Å². The number of hydrogen-bond donors (Lipinski definition) is 3. The summed E-state index contributed by atoms with van der Waals surface area (Å²) in [5, 5.41) is 10.3. The van der Waals surface area contributed by atoms with Gasteiger partial charge in [-0.3, -0.25) is 0 Å². The monoisotopic (exact) mass is 190 g/mol. The summed E-state index contributed by atoms with van der Waals surface area (Å²) in [6.45, 7) is 5.57. The average molecular weight is 190 g/mol. The third-order valence-corrected chi connectivity index (χ3v) is 1.36. The summed E-state index contributed by atoms with van der Waals surface area (Å²) in [5.41, 5.74) is 5.14. The maximum Gasteiger partial charge on any atom is 0.404 e. The molecule has 13 heavy (non-hydrogen) atoms. The summed E-state index contributed by atoms with van der Waals surface area (Å²) >= 11 is 0. The van der Waals surface area contributed by atoms with Crippen LogP contribution in [0.2, 0.25) is 0 Å². The van der Waals surface area contributed by atoms with Crippen molar-refractivity contribution in [2.45, 2.75) is 39.5 Å². The lowest BCUT2D eigenvalue weighted by Gasteiger charge is -1.94. The van der Waals surface area contributed by atoms with Crippen LogP contribution in [0, 0.1) is 0 Å². The standard InChI is InChI=1S/C5H11NO2.C4H11N/c1-2-3-4-6-5(7)8;1-2-3-4-5/h6H,2-4H2,1H3,(H,7,8);2-5H2,1H3. The fourth-order valence-electron chi connectivity index (χ4n) is 0.576. The van der Waals surface area contributed by atoms with Crippen LogP contribution in [-0.4, -0.2) is 24.3 Å². The molecule has 0 bridgehead atoms. The summed E-state index contributed by atoms with van der Waals surface area (Å²) < 4.78 is 0. The lowest BCUT2D eigenvalue weighted by molar-refractivity contribution is 0.194. The molecule has 0 unspecified atom stereocenters. The lowest BCUT2D eigenvalue weighted by Crippen LogP contribution is -2.21. The van der Waals surface area contributed by atoms with Crippen molar-refractivity contribution < 1.29 is 9.90 Å². The molecule has 0 aliphatic rings. The zero-order valence-electron chi connectivity index (χ0n) is 8.68. The van der Waals surface area contributed by atoms with Gasteiger partial charge in [-0.25, -0.2) is 4.79 Å². The highest BCUT2D eigenvalue weighted by atomic mass is 16.4. The summed E-state index contributed by atoms with van der Waals surface area (Å²) in [5.74, 6) is 0. The summed E-state index contributed by atoms with van der Waals surface area (Å²) in [7, 11) is 0. The second-order valence-corrected chi connectivity index (χ2v) is 2.73. The van der Waals surface area contributed by atoms with E-state index in [0.717, 1.165) is 19.4 Å². The number of hydrogen-bond acceptors (Lipinski definition) is 2. The van der Waals surface area contributed by atoms with Gasteiger partial charge in [0.15, 0.2) is 0 Å². The molecule has 0 rings (SSSR count). The van der Waals surface area contributed by atoms with E-state index in [2.05, 4.69) is 12.2 Å². The van der Waals surface area contributed by atoms with Gasteiger partial charge >= 0.3 is 6.09 Å². The Morgan fingerprint density at radius 3 is 2.08 bits per heavy atom. The first-order valence-corrected chi connectivity index (χ1v) is 4.85. The van der Waals surface area contributed by atoms with E-state index in [1.54, 1.807) is 0 Å². The van der Waals surface area contributed by atoms with Gasteiger partial charge in [0.25, 0.3) is 0 Å². The van der Waals surface area contributed by atoms with Gasteiger partial charge in [-0.2, -0.15) is 0 Å². The molecule has 0 saturated heterocycles. The van der Waals surface area contributed by atoms with E-state index in [1.165, 1.54) is 12.8 Å². The predicted molar refractivity (Wildman–Crippen MR) is 54.9 cm³/mol. The van der Waals surface area contributed by atoms with Crippen LogP contribution in [-0.2, 0) is 0 Å². The minimum atomic E-state index is -0.932. The number of nitrogens with one attached hydrogen (secondary N) is 1. The molecule has 80 valence electrons. The van der Waals surface area contributed by atoms with Gasteiger partial charge in [-0.05, 0) is 19.4 Å². The Morgan fingerprint density at radius 1 is 1.31 bits per heavy atom. The second kappa shape index (κ2) is 13.8.